The van der Waals surface area contributed by atoms with E-state index in [1.807, 2.05) is 12.4 Å². The molecule has 0 aromatic carbocycles. The van der Waals surface area contributed by atoms with Crippen molar-refractivity contribution in [1.82, 2.24) is 19.9 Å². The molecule has 5 heterocycles. The molecule has 34 heavy (non-hydrogen) atoms. The molecule has 2 aliphatic heterocycles. The second kappa shape index (κ2) is 8.61. The van der Waals surface area contributed by atoms with Crippen molar-refractivity contribution in [3.63, 3.8) is 0 Å². The zero-order chi connectivity index (χ0) is 24.0. The lowest BCUT2D eigenvalue weighted by molar-refractivity contribution is -0.00860. The van der Waals surface area contributed by atoms with Crippen LogP contribution in [0.5, 0.6) is 0 Å². The second-order valence-corrected chi connectivity index (χ2v) is 10.0. The number of anilines is 4. The molecule has 2 saturated heterocycles. The third kappa shape index (κ3) is 4.13. The fraction of sp³-hybridized carbons (Fsp3) is 0.520. The normalized spacial score (nSPS) is 25.0. The van der Waals surface area contributed by atoms with Crippen LogP contribution in [0.1, 0.15) is 52.0 Å². The Morgan fingerprint density at radius 1 is 1.12 bits per heavy atom. The number of nitrogens with one attached hydrogen (secondary N) is 1. The van der Waals surface area contributed by atoms with E-state index in [9.17, 15) is 9.50 Å². The number of piperidine rings is 1. The summed E-state index contributed by atoms with van der Waals surface area (Å²) in [4.78, 5) is 22.5. The summed E-state index contributed by atoms with van der Waals surface area (Å²) in [5.74, 6) is 3.01. The molecular formula is C25H32FN7O. The van der Waals surface area contributed by atoms with Gasteiger partial charge in [0.2, 0.25) is 5.95 Å². The fourth-order valence-electron chi connectivity index (χ4n) is 4.74. The Hall–Kier alpha value is -3.07. The molecule has 2 fully saturated rings. The Kier molecular flexibility index (Phi) is 5.75. The maximum absolute atomic E-state index is 14.7. The van der Waals surface area contributed by atoms with Crippen LogP contribution in [0.2, 0.25) is 0 Å². The number of rotatable bonds is 5. The number of halogens is 1. The van der Waals surface area contributed by atoms with Gasteiger partial charge in [0.25, 0.3) is 0 Å². The van der Waals surface area contributed by atoms with Crippen molar-refractivity contribution in [2.24, 2.45) is 0 Å². The summed E-state index contributed by atoms with van der Waals surface area (Å²) in [6.45, 7) is 9.54. The zero-order valence-electron chi connectivity index (χ0n) is 20.2. The van der Waals surface area contributed by atoms with E-state index < -0.39 is 11.8 Å². The predicted molar refractivity (Wildman–Crippen MR) is 133 cm³/mol. The van der Waals surface area contributed by atoms with Crippen LogP contribution in [0.4, 0.5) is 27.8 Å². The Balaban J connectivity index is 1.44. The Morgan fingerprint density at radius 3 is 2.62 bits per heavy atom. The summed E-state index contributed by atoms with van der Waals surface area (Å²) >= 11 is 0. The van der Waals surface area contributed by atoms with Crippen LogP contribution in [0.25, 0.3) is 10.8 Å². The van der Waals surface area contributed by atoms with Crippen molar-refractivity contribution in [3.8, 4) is 0 Å². The van der Waals surface area contributed by atoms with E-state index >= 15 is 0 Å². The fourth-order valence-corrected chi connectivity index (χ4v) is 4.74. The molecule has 2 aliphatic rings. The minimum absolute atomic E-state index is 0.0499. The molecule has 3 aromatic heterocycles. The molecule has 5 rings (SSSR count). The van der Waals surface area contributed by atoms with E-state index in [-0.39, 0.29) is 6.54 Å². The van der Waals surface area contributed by atoms with Crippen LogP contribution in [0, 0.1) is 0 Å². The first-order valence-corrected chi connectivity index (χ1v) is 12.0. The zero-order valence-corrected chi connectivity index (χ0v) is 20.2. The average molecular weight is 466 g/mol. The second-order valence-electron chi connectivity index (χ2n) is 10.0. The number of alkyl halides is 1. The third-order valence-electron chi connectivity index (χ3n) is 7.04. The predicted octanol–water partition coefficient (Wildman–Crippen LogP) is 4.18. The minimum atomic E-state index is -1.70. The first-order chi connectivity index (χ1) is 16.2. The van der Waals surface area contributed by atoms with Crippen molar-refractivity contribution in [2.75, 3.05) is 34.8 Å². The number of aromatic nitrogens is 4. The van der Waals surface area contributed by atoms with Crippen molar-refractivity contribution >= 4 is 34.2 Å². The van der Waals surface area contributed by atoms with Gasteiger partial charge in [0, 0.05) is 43.1 Å². The first kappa shape index (κ1) is 22.7. The summed E-state index contributed by atoms with van der Waals surface area (Å²) in [7, 11) is 0. The highest BCUT2D eigenvalue weighted by molar-refractivity contribution is 5.96. The molecule has 2 N–H and O–H groups in total. The lowest BCUT2D eigenvalue weighted by atomic mass is 9.94. The lowest BCUT2D eigenvalue weighted by Crippen LogP contribution is -2.52. The summed E-state index contributed by atoms with van der Waals surface area (Å²) in [5, 5.41) is 15.4. The molecule has 0 saturated carbocycles. The first-order valence-electron chi connectivity index (χ1n) is 12.0. The number of hydrogen-bond acceptors (Lipinski definition) is 8. The molecule has 3 aromatic rings. The van der Waals surface area contributed by atoms with Gasteiger partial charge in [-0.05, 0) is 55.7 Å². The van der Waals surface area contributed by atoms with Gasteiger partial charge in [0.05, 0.1) is 12.6 Å². The maximum Gasteiger partial charge on any atom is 0.227 e. The summed E-state index contributed by atoms with van der Waals surface area (Å²) in [5.41, 5.74) is -0.521. The summed E-state index contributed by atoms with van der Waals surface area (Å²) in [6, 6.07) is 4.31. The van der Waals surface area contributed by atoms with E-state index in [2.05, 4.69) is 52.0 Å². The highest BCUT2D eigenvalue weighted by atomic mass is 19.1. The van der Waals surface area contributed by atoms with Crippen LogP contribution >= 0.6 is 0 Å². The van der Waals surface area contributed by atoms with Gasteiger partial charge in [-0.3, -0.25) is 0 Å². The highest BCUT2D eigenvalue weighted by Gasteiger charge is 2.39. The third-order valence-corrected chi connectivity index (χ3v) is 7.04. The molecule has 8 nitrogen and oxygen atoms in total. The Labute approximate surface area is 199 Å². The van der Waals surface area contributed by atoms with E-state index in [0.29, 0.717) is 42.5 Å². The number of fused-ring (bicyclic) bond motifs is 1. The minimum Gasteiger partial charge on any atom is -0.390 e. The van der Waals surface area contributed by atoms with Crippen molar-refractivity contribution in [3.05, 3.63) is 36.3 Å². The average Bonchev–Trinajstić information content (AvgIpc) is 2.79. The van der Waals surface area contributed by atoms with Gasteiger partial charge in [0.1, 0.15) is 17.5 Å². The number of aliphatic hydroxyl groups is 1. The van der Waals surface area contributed by atoms with E-state index in [1.165, 1.54) is 18.9 Å². The van der Waals surface area contributed by atoms with Gasteiger partial charge in [0.15, 0.2) is 5.67 Å². The molecule has 3 atom stereocenters. The van der Waals surface area contributed by atoms with E-state index in [1.54, 1.807) is 17.2 Å². The van der Waals surface area contributed by atoms with Crippen LogP contribution in [0.15, 0.2) is 30.7 Å². The molecule has 0 amide bonds. The topological polar surface area (TPSA) is 90.3 Å². The van der Waals surface area contributed by atoms with Gasteiger partial charge < -0.3 is 20.2 Å². The summed E-state index contributed by atoms with van der Waals surface area (Å²) in [6.07, 6.45) is 6.07. The van der Waals surface area contributed by atoms with Crippen molar-refractivity contribution in [2.45, 2.75) is 64.3 Å². The molecule has 0 spiro atoms. The lowest BCUT2D eigenvalue weighted by Gasteiger charge is -2.40. The largest absolute Gasteiger partial charge is 0.390 e. The quantitative estimate of drug-likeness (QED) is 0.580. The smallest absolute Gasteiger partial charge is 0.227 e. The SMILES string of the molecule is CC(C)c1cnc(N2CCC2C)c2cnc(Nc3ccnc(N4CC[C@H](O)[C@](C)(F)C4)n3)cc12. The summed E-state index contributed by atoms with van der Waals surface area (Å²) < 4.78 is 14.7. The van der Waals surface area contributed by atoms with Gasteiger partial charge in [-0.15, -0.1) is 0 Å². The number of pyridine rings is 2. The monoisotopic (exact) mass is 465 g/mol. The standard InChI is InChI=1S/C25H32FN7O/c1-15(2)18-12-29-23(33-10-6-16(33)3)19-13-28-22(11-17(18)19)30-21-5-8-27-24(31-21)32-9-7-20(34)25(4,26)14-32/h5,8,11-13,15-16,20,34H,6-7,9-10,14H2,1-4H3,(H,27,28,30,31)/t16?,20-,25+/m0/s1. The molecule has 0 aliphatic carbocycles. The van der Waals surface area contributed by atoms with E-state index in [4.69, 9.17) is 4.98 Å². The van der Waals surface area contributed by atoms with Crippen LogP contribution in [0.3, 0.4) is 0 Å². The van der Waals surface area contributed by atoms with Gasteiger partial charge in [-0.1, -0.05) is 13.8 Å². The number of hydrogen-bond donors (Lipinski definition) is 2. The molecule has 1 unspecified atom stereocenters. The number of nitrogens with zero attached hydrogens (tertiary/aromatic N) is 6. The Bertz CT molecular complexity index is 1200. The highest BCUT2D eigenvalue weighted by Crippen LogP contribution is 2.36. The molecular weight excluding hydrogens is 433 g/mol. The molecule has 9 heteroatoms. The van der Waals surface area contributed by atoms with Crippen molar-refractivity contribution < 1.29 is 9.50 Å². The van der Waals surface area contributed by atoms with Crippen molar-refractivity contribution in [1.29, 1.82) is 0 Å². The molecule has 0 radical (unpaired) electrons. The maximum atomic E-state index is 14.7. The van der Waals surface area contributed by atoms with Crippen LogP contribution in [-0.2, 0) is 0 Å². The van der Waals surface area contributed by atoms with Crippen LogP contribution in [-0.4, -0.2) is 62.5 Å². The Morgan fingerprint density at radius 2 is 1.94 bits per heavy atom. The molecule has 180 valence electrons. The molecule has 0 bridgehead atoms. The van der Waals surface area contributed by atoms with Gasteiger partial charge in [-0.25, -0.2) is 19.3 Å². The van der Waals surface area contributed by atoms with Gasteiger partial charge in [-0.2, -0.15) is 4.98 Å². The van der Waals surface area contributed by atoms with E-state index in [0.717, 1.165) is 23.1 Å². The van der Waals surface area contributed by atoms with Gasteiger partial charge >= 0.3 is 0 Å². The number of aliphatic hydroxyl groups excluding tert-OH is 1. The van der Waals surface area contributed by atoms with Crippen LogP contribution < -0.4 is 15.1 Å².